The number of nitrogen functional groups attached to an aromatic ring is 1. The van der Waals surface area contributed by atoms with E-state index in [2.05, 4.69) is 15.5 Å². The minimum absolute atomic E-state index is 0.107. The maximum Gasteiger partial charge on any atom is 0.260 e. The molecule has 1 aromatic carbocycles. The van der Waals surface area contributed by atoms with Gasteiger partial charge in [0.1, 0.15) is 11.6 Å². The van der Waals surface area contributed by atoms with Crippen LogP contribution in [0.1, 0.15) is 10.4 Å². The Morgan fingerprint density at radius 2 is 2.28 bits per heavy atom. The zero-order valence-electron chi connectivity index (χ0n) is 9.31. The van der Waals surface area contributed by atoms with Gasteiger partial charge in [-0.25, -0.2) is 4.39 Å². The second kappa shape index (κ2) is 4.96. The van der Waals surface area contributed by atoms with Gasteiger partial charge in [0.25, 0.3) is 5.91 Å². The highest BCUT2D eigenvalue weighted by molar-refractivity contribution is 7.19. The van der Waals surface area contributed by atoms with Crippen LogP contribution in [0.2, 0.25) is 0 Å². The molecule has 0 bridgehead atoms. The Morgan fingerprint density at radius 3 is 2.83 bits per heavy atom. The largest absolute Gasteiger partial charge is 0.497 e. The summed E-state index contributed by atoms with van der Waals surface area (Å²) in [5.74, 6) is -0.958. The fourth-order valence-corrected chi connectivity index (χ4v) is 1.76. The first kappa shape index (κ1) is 12.2. The Morgan fingerprint density at radius 1 is 1.50 bits per heavy atom. The van der Waals surface area contributed by atoms with E-state index in [4.69, 9.17) is 10.5 Å². The van der Waals surface area contributed by atoms with Crippen molar-refractivity contribution in [2.45, 2.75) is 0 Å². The van der Waals surface area contributed by atoms with E-state index < -0.39 is 11.7 Å². The Labute approximate surface area is 106 Å². The maximum atomic E-state index is 13.6. The van der Waals surface area contributed by atoms with Gasteiger partial charge in [0.15, 0.2) is 0 Å². The minimum Gasteiger partial charge on any atom is -0.497 e. The van der Waals surface area contributed by atoms with Gasteiger partial charge in [-0.2, -0.15) is 0 Å². The fraction of sp³-hybridized carbons (Fsp3) is 0.100. The molecule has 1 aromatic heterocycles. The van der Waals surface area contributed by atoms with Crippen molar-refractivity contribution in [1.29, 1.82) is 0 Å². The third kappa shape index (κ3) is 2.54. The van der Waals surface area contributed by atoms with E-state index in [1.165, 1.54) is 19.2 Å². The first-order valence-corrected chi connectivity index (χ1v) is 5.65. The number of nitrogens with one attached hydrogen (secondary N) is 1. The molecule has 0 saturated heterocycles. The molecule has 0 aliphatic carbocycles. The van der Waals surface area contributed by atoms with Crippen molar-refractivity contribution in [1.82, 2.24) is 10.2 Å². The Bertz CT molecular complexity index is 587. The summed E-state index contributed by atoms with van der Waals surface area (Å²) >= 11 is 1.00. The van der Waals surface area contributed by atoms with Gasteiger partial charge in [0.2, 0.25) is 10.3 Å². The van der Waals surface area contributed by atoms with Crippen molar-refractivity contribution >= 4 is 27.5 Å². The summed E-state index contributed by atoms with van der Waals surface area (Å²) in [6.45, 7) is 0. The molecule has 2 rings (SSSR count). The Balaban J connectivity index is 2.18. The van der Waals surface area contributed by atoms with Crippen LogP contribution >= 0.6 is 11.3 Å². The average molecular weight is 268 g/mol. The predicted molar refractivity (Wildman–Crippen MR) is 65.2 cm³/mol. The lowest BCUT2D eigenvalue weighted by molar-refractivity contribution is 0.102. The first-order chi connectivity index (χ1) is 8.60. The van der Waals surface area contributed by atoms with E-state index in [0.29, 0.717) is 5.75 Å². The molecule has 0 unspecified atom stereocenters. The molecule has 2 aromatic rings. The molecule has 0 fully saturated rings. The van der Waals surface area contributed by atoms with Crippen molar-refractivity contribution in [3.8, 4) is 5.75 Å². The van der Waals surface area contributed by atoms with Gasteiger partial charge in [-0.15, -0.1) is 10.2 Å². The third-order valence-corrected chi connectivity index (χ3v) is 2.75. The molecule has 3 N–H and O–H groups in total. The number of rotatable bonds is 3. The predicted octanol–water partition coefficient (Wildman–Crippen LogP) is 1.52. The summed E-state index contributed by atoms with van der Waals surface area (Å²) in [6, 6.07) is 3.95. The van der Waals surface area contributed by atoms with Gasteiger partial charge in [0.05, 0.1) is 12.7 Å². The number of carbonyl (C=O) groups excluding carboxylic acids is 1. The molecule has 0 radical (unpaired) electrons. The van der Waals surface area contributed by atoms with E-state index in [1.807, 2.05) is 0 Å². The zero-order chi connectivity index (χ0) is 13.1. The topological polar surface area (TPSA) is 90.1 Å². The van der Waals surface area contributed by atoms with E-state index in [1.54, 1.807) is 0 Å². The second-order valence-corrected chi connectivity index (χ2v) is 4.25. The highest BCUT2D eigenvalue weighted by Crippen LogP contribution is 2.20. The van der Waals surface area contributed by atoms with Crippen molar-refractivity contribution in [3.63, 3.8) is 0 Å². The van der Waals surface area contributed by atoms with E-state index in [9.17, 15) is 9.18 Å². The fourth-order valence-electron chi connectivity index (χ4n) is 1.26. The number of amides is 1. The minimum atomic E-state index is -0.677. The smallest absolute Gasteiger partial charge is 0.260 e. The lowest BCUT2D eigenvalue weighted by atomic mass is 10.2. The summed E-state index contributed by atoms with van der Waals surface area (Å²) in [6.07, 6.45) is 0. The number of nitrogens with zero attached hydrogens (tertiary/aromatic N) is 2. The number of ether oxygens (including phenoxy) is 1. The second-order valence-electron chi connectivity index (χ2n) is 3.25. The number of methoxy groups -OCH3 is 1. The highest BCUT2D eigenvalue weighted by Gasteiger charge is 2.14. The molecule has 6 nitrogen and oxygen atoms in total. The summed E-state index contributed by atoms with van der Waals surface area (Å²) < 4.78 is 18.4. The lowest BCUT2D eigenvalue weighted by Gasteiger charge is -2.04. The summed E-state index contributed by atoms with van der Waals surface area (Å²) in [4.78, 5) is 11.7. The van der Waals surface area contributed by atoms with Crippen molar-refractivity contribution in [2.75, 3.05) is 18.2 Å². The van der Waals surface area contributed by atoms with E-state index in [-0.39, 0.29) is 15.8 Å². The van der Waals surface area contributed by atoms with E-state index >= 15 is 0 Å². The molecular weight excluding hydrogens is 259 g/mol. The Kier molecular flexibility index (Phi) is 3.38. The van der Waals surface area contributed by atoms with Gasteiger partial charge in [0, 0.05) is 6.07 Å². The highest BCUT2D eigenvalue weighted by atomic mass is 32.1. The van der Waals surface area contributed by atoms with Gasteiger partial charge in [-0.3, -0.25) is 10.1 Å². The molecule has 1 heterocycles. The maximum absolute atomic E-state index is 13.6. The molecule has 8 heteroatoms. The van der Waals surface area contributed by atoms with Crippen molar-refractivity contribution in [2.24, 2.45) is 0 Å². The zero-order valence-corrected chi connectivity index (χ0v) is 10.1. The van der Waals surface area contributed by atoms with Crippen LogP contribution in [0, 0.1) is 5.82 Å². The van der Waals surface area contributed by atoms with Crippen LogP contribution in [0.4, 0.5) is 14.7 Å². The molecule has 18 heavy (non-hydrogen) atoms. The van der Waals surface area contributed by atoms with Crippen LogP contribution in [-0.2, 0) is 0 Å². The van der Waals surface area contributed by atoms with Crippen molar-refractivity contribution in [3.05, 3.63) is 29.6 Å². The SMILES string of the molecule is COc1ccc(C(=O)Nc2nnc(N)s2)c(F)c1. The normalized spacial score (nSPS) is 10.1. The number of nitrogens with two attached hydrogens (primary N) is 1. The molecular formula is C10H9FN4O2S. The molecule has 0 spiro atoms. The van der Waals surface area contributed by atoms with Gasteiger partial charge in [-0.1, -0.05) is 11.3 Å². The quantitative estimate of drug-likeness (QED) is 0.880. The van der Waals surface area contributed by atoms with Crippen LogP contribution < -0.4 is 15.8 Å². The van der Waals surface area contributed by atoms with Crippen LogP contribution in [0.5, 0.6) is 5.75 Å². The van der Waals surface area contributed by atoms with Crippen LogP contribution in [0.15, 0.2) is 18.2 Å². The van der Waals surface area contributed by atoms with Gasteiger partial charge >= 0.3 is 0 Å². The van der Waals surface area contributed by atoms with Gasteiger partial charge in [-0.05, 0) is 12.1 Å². The number of anilines is 2. The molecule has 0 atom stereocenters. The van der Waals surface area contributed by atoms with Crippen LogP contribution in [-0.4, -0.2) is 23.2 Å². The summed E-state index contributed by atoms with van der Waals surface area (Å²) in [7, 11) is 1.42. The summed E-state index contributed by atoms with van der Waals surface area (Å²) in [5, 5.41) is 9.98. The number of aromatic nitrogens is 2. The standard InChI is InChI=1S/C10H9FN4O2S/c1-17-5-2-3-6(7(11)4-5)8(16)13-10-15-14-9(12)18-10/h2-4H,1H3,(H2,12,14)(H,13,15,16). The first-order valence-electron chi connectivity index (χ1n) is 4.84. The number of benzene rings is 1. The lowest BCUT2D eigenvalue weighted by Crippen LogP contribution is -2.13. The number of hydrogen-bond acceptors (Lipinski definition) is 6. The Hall–Kier alpha value is -2.22. The number of carbonyl (C=O) groups is 1. The molecule has 0 saturated carbocycles. The number of hydrogen-bond donors (Lipinski definition) is 2. The van der Waals surface area contributed by atoms with Crippen LogP contribution in [0.25, 0.3) is 0 Å². The van der Waals surface area contributed by atoms with Crippen molar-refractivity contribution < 1.29 is 13.9 Å². The van der Waals surface area contributed by atoms with Crippen LogP contribution in [0.3, 0.4) is 0 Å². The summed E-state index contributed by atoms with van der Waals surface area (Å²) in [5.41, 5.74) is 5.26. The monoisotopic (exact) mass is 268 g/mol. The molecule has 94 valence electrons. The molecule has 1 amide bonds. The average Bonchev–Trinajstić information content (AvgIpc) is 2.74. The number of halogens is 1. The van der Waals surface area contributed by atoms with E-state index in [0.717, 1.165) is 17.4 Å². The van der Waals surface area contributed by atoms with Gasteiger partial charge < -0.3 is 10.5 Å². The molecule has 0 aliphatic heterocycles. The molecule has 0 aliphatic rings. The third-order valence-electron chi connectivity index (χ3n) is 2.08.